The molecule has 1 aromatic carbocycles. The second kappa shape index (κ2) is 4.88. The molecule has 92 valence electrons. The zero-order valence-corrected chi connectivity index (χ0v) is 10.0. The van der Waals surface area contributed by atoms with Crippen LogP contribution in [0, 0.1) is 31.0 Å². The van der Waals surface area contributed by atoms with Crippen molar-refractivity contribution in [3.8, 4) is 11.8 Å². The molecule has 18 heavy (non-hydrogen) atoms. The fourth-order valence-corrected chi connectivity index (χ4v) is 1.54. The summed E-state index contributed by atoms with van der Waals surface area (Å²) in [7, 11) is 0. The summed E-state index contributed by atoms with van der Waals surface area (Å²) in [5, 5.41) is 12.4. The summed E-state index contributed by atoms with van der Waals surface area (Å²) in [6.45, 7) is 3.86. The van der Waals surface area contributed by atoms with Crippen LogP contribution in [0.4, 0.5) is 4.39 Å². The largest absolute Gasteiger partial charge is 0.489 e. The molecule has 0 fully saturated rings. The van der Waals surface area contributed by atoms with Crippen LogP contribution < -0.4 is 4.74 Å². The van der Waals surface area contributed by atoms with Crippen LogP contribution >= 0.6 is 0 Å². The molecule has 0 spiro atoms. The Morgan fingerprint density at radius 2 is 2.22 bits per heavy atom. The van der Waals surface area contributed by atoms with E-state index in [-0.39, 0.29) is 12.2 Å². The Bertz CT molecular complexity index is 594. The molecule has 0 aliphatic carbocycles. The summed E-state index contributed by atoms with van der Waals surface area (Å²) in [6.07, 6.45) is 0. The SMILES string of the molecule is Cc1noc(C)c1COc1ccc(C#N)c(F)c1. The van der Waals surface area contributed by atoms with E-state index in [0.29, 0.717) is 11.5 Å². The van der Waals surface area contributed by atoms with Crippen LogP contribution in [0.2, 0.25) is 0 Å². The number of hydrogen-bond acceptors (Lipinski definition) is 4. The normalized spacial score (nSPS) is 10.1. The van der Waals surface area contributed by atoms with Gasteiger partial charge in [0.25, 0.3) is 0 Å². The zero-order valence-electron chi connectivity index (χ0n) is 10.0. The van der Waals surface area contributed by atoms with Crippen LogP contribution in [0.3, 0.4) is 0 Å². The Morgan fingerprint density at radius 3 is 2.78 bits per heavy atom. The van der Waals surface area contributed by atoms with Gasteiger partial charge in [0.15, 0.2) is 0 Å². The monoisotopic (exact) mass is 246 g/mol. The second-order valence-electron chi connectivity index (χ2n) is 3.84. The van der Waals surface area contributed by atoms with Crippen LogP contribution in [0.1, 0.15) is 22.6 Å². The molecule has 0 amide bonds. The second-order valence-corrected chi connectivity index (χ2v) is 3.84. The summed E-state index contributed by atoms with van der Waals surface area (Å²) in [5.41, 5.74) is 1.60. The predicted molar refractivity (Wildman–Crippen MR) is 61.4 cm³/mol. The average Bonchev–Trinajstić information content (AvgIpc) is 2.67. The van der Waals surface area contributed by atoms with Gasteiger partial charge in [-0.05, 0) is 26.0 Å². The van der Waals surface area contributed by atoms with Gasteiger partial charge < -0.3 is 9.26 Å². The molecular formula is C13H11FN2O2. The van der Waals surface area contributed by atoms with E-state index in [0.717, 1.165) is 11.3 Å². The summed E-state index contributed by atoms with van der Waals surface area (Å²) in [5.74, 6) is 0.460. The zero-order chi connectivity index (χ0) is 13.1. The minimum absolute atomic E-state index is 0.000288. The van der Waals surface area contributed by atoms with Crippen molar-refractivity contribution in [1.82, 2.24) is 5.16 Å². The highest BCUT2D eigenvalue weighted by Gasteiger charge is 2.10. The van der Waals surface area contributed by atoms with Crippen LogP contribution in [-0.4, -0.2) is 5.16 Å². The minimum atomic E-state index is -0.589. The van der Waals surface area contributed by atoms with Gasteiger partial charge in [-0.25, -0.2) is 4.39 Å². The van der Waals surface area contributed by atoms with E-state index in [4.69, 9.17) is 14.5 Å². The topological polar surface area (TPSA) is 59.1 Å². The number of ether oxygens (including phenoxy) is 1. The highest BCUT2D eigenvalue weighted by Crippen LogP contribution is 2.19. The lowest BCUT2D eigenvalue weighted by Gasteiger charge is -2.06. The van der Waals surface area contributed by atoms with E-state index in [2.05, 4.69) is 5.16 Å². The lowest BCUT2D eigenvalue weighted by Crippen LogP contribution is -1.98. The number of aromatic nitrogens is 1. The first kappa shape index (κ1) is 12.1. The first-order valence-electron chi connectivity index (χ1n) is 5.36. The molecule has 0 radical (unpaired) electrons. The number of nitrogens with zero attached hydrogens (tertiary/aromatic N) is 2. The van der Waals surface area contributed by atoms with Crippen molar-refractivity contribution in [1.29, 1.82) is 5.26 Å². The van der Waals surface area contributed by atoms with Crippen LogP contribution in [0.15, 0.2) is 22.7 Å². The third-order valence-electron chi connectivity index (χ3n) is 2.63. The Kier molecular flexibility index (Phi) is 3.28. The van der Waals surface area contributed by atoms with Crippen molar-refractivity contribution >= 4 is 0 Å². The number of nitriles is 1. The molecule has 1 heterocycles. The molecular weight excluding hydrogens is 235 g/mol. The molecule has 2 rings (SSSR count). The molecule has 0 bridgehead atoms. The van der Waals surface area contributed by atoms with Gasteiger partial charge in [0.2, 0.25) is 0 Å². The molecule has 2 aromatic rings. The molecule has 1 aromatic heterocycles. The van der Waals surface area contributed by atoms with Crippen molar-refractivity contribution in [2.24, 2.45) is 0 Å². The van der Waals surface area contributed by atoms with Crippen LogP contribution in [0.5, 0.6) is 5.75 Å². The summed E-state index contributed by atoms with van der Waals surface area (Å²) >= 11 is 0. The molecule has 4 nitrogen and oxygen atoms in total. The first-order chi connectivity index (χ1) is 8.61. The number of halogens is 1. The number of rotatable bonds is 3. The third-order valence-corrected chi connectivity index (χ3v) is 2.63. The highest BCUT2D eigenvalue weighted by molar-refractivity contribution is 5.36. The van der Waals surface area contributed by atoms with E-state index in [9.17, 15) is 4.39 Å². The molecule has 0 N–H and O–H groups in total. The van der Waals surface area contributed by atoms with Gasteiger partial charge in [0.1, 0.15) is 30.0 Å². The predicted octanol–water partition coefficient (Wildman–Crippen LogP) is 2.88. The smallest absolute Gasteiger partial charge is 0.144 e. The van der Waals surface area contributed by atoms with Gasteiger partial charge in [-0.15, -0.1) is 0 Å². The van der Waals surface area contributed by atoms with E-state index < -0.39 is 5.82 Å². The lowest BCUT2D eigenvalue weighted by molar-refractivity contribution is 0.300. The maximum Gasteiger partial charge on any atom is 0.144 e. The van der Waals surface area contributed by atoms with Crippen molar-refractivity contribution in [3.63, 3.8) is 0 Å². The van der Waals surface area contributed by atoms with Crippen LogP contribution in [-0.2, 0) is 6.61 Å². The van der Waals surface area contributed by atoms with E-state index in [1.807, 2.05) is 6.92 Å². The molecule has 0 saturated heterocycles. The Hall–Kier alpha value is -2.35. The van der Waals surface area contributed by atoms with Gasteiger partial charge >= 0.3 is 0 Å². The standard InChI is InChI=1S/C13H11FN2O2/c1-8-12(9(2)18-16-8)7-17-11-4-3-10(6-15)13(14)5-11/h3-5H,7H2,1-2H3. The Balaban J connectivity index is 2.12. The molecule has 0 unspecified atom stereocenters. The number of hydrogen-bond donors (Lipinski definition) is 0. The minimum Gasteiger partial charge on any atom is -0.489 e. The maximum absolute atomic E-state index is 13.3. The van der Waals surface area contributed by atoms with Crippen molar-refractivity contribution < 1.29 is 13.7 Å². The van der Waals surface area contributed by atoms with Gasteiger partial charge in [-0.2, -0.15) is 5.26 Å². The Morgan fingerprint density at radius 1 is 1.44 bits per heavy atom. The first-order valence-corrected chi connectivity index (χ1v) is 5.36. The van der Waals surface area contributed by atoms with E-state index in [1.54, 1.807) is 19.1 Å². The van der Waals surface area contributed by atoms with Crippen molar-refractivity contribution in [2.75, 3.05) is 0 Å². The summed E-state index contributed by atoms with van der Waals surface area (Å²) < 4.78 is 23.8. The fourth-order valence-electron chi connectivity index (χ4n) is 1.54. The lowest BCUT2D eigenvalue weighted by atomic mass is 10.2. The number of benzene rings is 1. The van der Waals surface area contributed by atoms with Gasteiger partial charge in [-0.1, -0.05) is 5.16 Å². The van der Waals surface area contributed by atoms with E-state index in [1.165, 1.54) is 12.1 Å². The fraction of sp³-hybridized carbons (Fsp3) is 0.231. The summed E-state index contributed by atoms with van der Waals surface area (Å²) in [6, 6.07) is 5.89. The molecule has 5 heteroatoms. The van der Waals surface area contributed by atoms with Gasteiger partial charge in [0.05, 0.1) is 16.8 Å². The van der Waals surface area contributed by atoms with Crippen molar-refractivity contribution in [2.45, 2.75) is 20.5 Å². The molecule has 0 aliphatic heterocycles. The average molecular weight is 246 g/mol. The van der Waals surface area contributed by atoms with Gasteiger partial charge in [-0.3, -0.25) is 0 Å². The molecule has 0 atom stereocenters. The number of aryl methyl sites for hydroxylation is 2. The van der Waals surface area contributed by atoms with E-state index >= 15 is 0 Å². The molecule has 0 saturated carbocycles. The summed E-state index contributed by atoms with van der Waals surface area (Å²) in [4.78, 5) is 0. The van der Waals surface area contributed by atoms with Crippen molar-refractivity contribution in [3.05, 3.63) is 46.6 Å². The maximum atomic E-state index is 13.3. The third kappa shape index (κ3) is 2.33. The quantitative estimate of drug-likeness (QED) is 0.835. The highest BCUT2D eigenvalue weighted by atomic mass is 19.1. The van der Waals surface area contributed by atoms with Gasteiger partial charge in [0, 0.05) is 6.07 Å². The Labute approximate surface area is 104 Å². The van der Waals surface area contributed by atoms with Crippen LogP contribution in [0.25, 0.3) is 0 Å². The molecule has 0 aliphatic rings.